The molecule has 1 saturated carbocycles. The van der Waals surface area contributed by atoms with E-state index in [1.165, 1.54) is 4.31 Å². The molecule has 1 aromatic rings. The molecule has 0 unspecified atom stereocenters. The van der Waals surface area contributed by atoms with E-state index in [2.05, 4.69) is 0 Å². The maximum Gasteiger partial charge on any atom is 0.243 e. The van der Waals surface area contributed by atoms with Crippen LogP contribution >= 0.6 is 0 Å². The van der Waals surface area contributed by atoms with Crippen LogP contribution in [0.1, 0.15) is 36.8 Å². The smallest absolute Gasteiger partial charge is 0.243 e. The number of hydrogen-bond donors (Lipinski definition) is 1. The molecule has 1 aliphatic carbocycles. The van der Waals surface area contributed by atoms with E-state index in [-0.39, 0.29) is 6.04 Å². The molecule has 1 aliphatic rings. The molecule has 0 spiro atoms. The second-order valence-electron chi connectivity index (χ2n) is 5.71. The first-order valence-electron chi connectivity index (χ1n) is 7.07. The highest BCUT2D eigenvalue weighted by Crippen LogP contribution is 2.28. The molecule has 1 aromatic carbocycles. The van der Waals surface area contributed by atoms with Crippen LogP contribution in [0.15, 0.2) is 23.1 Å². The van der Waals surface area contributed by atoms with Crippen LogP contribution in [0.5, 0.6) is 0 Å². The van der Waals surface area contributed by atoms with E-state index in [9.17, 15) is 13.5 Å². The Bertz CT molecular complexity index is 583. The van der Waals surface area contributed by atoms with Crippen molar-refractivity contribution in [3.63, 3.8) is 0 Å². The van der Waals surface area contributed by atoms with Gasteiger partial charge in [-0.3, -0.25) is 0 Å². The van der Waals surface area contributed by atoms with E-state index in [1.54, 1.807) is 20.0 Å². The zero-order valence-electron chi connectivity index (χ0n) is 12.3. The second kappa shape index (κ2) is 5.84. The molecule has 4 nitrogen and oxygen atoms in total. The molecule has 1 fully saturated rings. The molecular formula is C15H23NO3S. The van der Waals surface area contributed by atoms with Crippen LogP contribution in [0.4, 0.5) is 0 Å². The number of nitrogens with zero attached hydrogens (tertiary/aromatic N) is 1. The van der Waals surface area contributed by atoms with Gasteiger partial charge in [-0.25, -0.2) is 8.42 Å². The van der Waals surface area contributed by atoms with Gasteiger partial charge in [0.05, 0.1) is 17.0 Å². The molecule has 112 valence electrons. The van der Waals surface area contributed by atoms with Crippen molar-refractivity contribution in [2.24, 2.45) is 0 Å². The van der Waals surface area contributed by atoms with Crippen LogP contribution in [0.3, 0.4) is 0 Å². The summed E-state index contributed by atoms with van der Waals surface area (Å²) in [6, 6.07) is 5.13. The van der Waals surface area contributed by atoms with E-state index in [0.29, 0.717) is 11.3 Å². The molecule has 0 bridgehead atoms. The standard InChI is InChI=1S/C15H23NO3S/c1-11-8-9-12(2)15(10-11)20(18,19)16(3)13-6-4-5-7-14(13)17/h8-10,13-14,17H,4-7H2,1-3H3/t13-,14-/m1/s1. The summed E-state index contributed by atoms with van der Waals surface area (Å²) in [7, 11) is -1.97. The predicted molar refractivity (Wildman–Crippen MR) is 79.1 cm³/mol. The first-order valence-corrected chi connectivity index (χ1v) is 8.51. The topological polar surface area (TPSA) is 57.6 Å². The number of aliphatic hydroxyl groups excluding tert-OH is 1. The third kappa shape index (κ3) is 2.90. The van der Waals surface area contributed by atoms with Crippen molar-refractivity contribution in [2.45, 2.75) is 56.6 Å². The quantitative estimate of drug-likeness (QED) is 0.930. The summed E-state index contributed by atoms with van der Waals surface area (Å²) < 4.78 is 26.9. The van der Waals surface area contributed by atoms with Crippen molar-refractivity contribution in [3.8, 4) is 0 Å². The Morgan fingerprint density at radius 1 is 1.20 bits per heavy atom. The Hall–Kier alpha value is -0.910. The van der Waals surface area contributed by atoms with Gasteiger partial charge in [-0.1, -0.05) is 25.0 Å². The van der Waals surface area contributed by atoms with E-state index in [4.69, 9.17) is 0 Å². The fourth-order valence-electron chi connectivity index (χ4n) is 2.83. The Labute approximate surface area is 121 Å². The third-order valence-corrected chi connectivity index (χ3v) is 6.19. The number of rotatable bonds is 3. The highest BCUT2D eigenvalue weighted by atomic mass is 32.2. The Balaban J connectivity index is 2.36. The van der Waals surface area contributed by atoms with Gasteiger partial charge < -0.3 is 5.11 Å². The monoisotopic (exact) mass is 297 g/mol. The average molecular weight is 297 g/mol. The van der Waals surface area contributed by atoms with Gasteiger partial charge in [0.1, 0.15) is 0 Å². The second-order valence-corrected chi connectivity index (χ2v) is 7.68. The first-order chi connectivity index (χ1) is 9.34. The lowest BCUT2D eigenvalue weighted by Crippen LogP contribution is -2.46. The third-order valence-electron chi connectivity index (χ3n) is 4.16. The molecule has 2 rings (SSSR count). The van der Waals surface area contributed by atoms with Crippen molar-refractivity contribution >= 4 is 10.0 Å². The summed E-state index contributed by atoms with van der Waals surface area (Å²) in [4.78, 5) is 0.345. The molecule has 5 heteroatoms. The Kier molecular flexibility index (Phi) is 4.52. The Morgan fingerprint density at radius 3 is 2.50 bits per heavy atom. The number of hydrogen-bond acceptors (Lipinski definition) is 3. The number of aryl methyl sites for hydroxylation is 2. The number of aliphatic hydroxyl groups is 1. The maximum atomic E-state index is 12.8. The molecule has 0 amide bonds. The van der Waals surface area contributed by atoms with Crippen molar-refractivity contribution in [2.75, 3.05) is 7.05 Å². The number of benzene rings is 1. The molecule has 0 aliphatic heterocycles. The highest BCUT2D eigenvalue weighted by Gasteiger charge is 2.34. The summed E-state index contributed by atoms with van der Waals surface area (Å²) in [5.74, 6) is 0. The molecule has 0 saturated heterocycles. The molecule has 2 atom stereocenters. The highest BCUT2D eigenvalue weighted by molar-refractivity contribution is 7.89. The maximum absolute atomic E-state index is 12.8. The largest absolute Gasteiger partial charge is 0.391 e. The summed E-state index contributed by atoms with van der Waals surface area (Å²) in [6.45, 7) is 3.69. The first kappa shape index (κ1) is 15.5. The predicted octanol–water partition coefficient (Wildman–Crippen LogP) is 2.23. The van der Waals surface area contributed by atoms with E-state index < -0.39 is 16.1 Å². The molecule has 1 N–H and O–H groups in total. The van der Waals surface area contributed by atoms with Gasteiger partial charge in [0, 0.05) is 7.05 Å². The van der Waals surface area contributed by atoms with E-state index in [1.807, 2.05) is 19.1 Å². The zero-order valence-corrected chi connectivity index (χ0v) is 13.2. The van der Waals surface area contributed by atoms with Crippen molar-refractivity contribution in [1.82, 2.24) is 4.31 Å². The van der Waals surface area contributed by atoms with Gasteiger partial charge in [-0.15, -0.1) is 0 Å². The van der Waals surface area contributed by atoms with E-state index >= 15 is 0 Å². The minimum atomic E-state index is -3.55. The minimum Gasteiger partial charge on any atom is -0.391 e. The number of likely N-dealkylation sites (N-methyl/N-ethyl adjacent to an activating group) is 1. The van der Waals surface area contributed by atoms with Crippen LogP contribution in [-0.2, 0) is 10.0 Å². The van der Waals surface area contributed by atoms with Gasteiger partial charge in [0.25, 0.3) is 0 Å². The summed E-state index contributed by atoms with van der Waals surface area (Å²) in [6.07, 6.45) is 2.77. The average Bonchev–Trinajstić information content (AvgIpc) is 2.41. The number of sulfonamides is 1. The normalized spacial score (nSPS) is 24.1. The van der Waals surface area contributed by atoms with Gasteiger partial charge in [0.2, 0.25) is 10.0 Å². The molecular weight excluding hydrogens is 274 g/mol. The molecule has 0 heterocycles. The summed E-state index contributed by atoms with van der Waals surface area (Å²) in [5.41, 5.74) is 1.67. The summed E-state index contributed by atoms with van der Waals surface area (Å²) >= 11 is 0. The van der Waals surface area contributed by atoms with E-state index in [0.717, 1.165) is 30.4 Å². The van der Waals surface area contributed by atoms with Gasteiger partial charge in [0.15, 0.2) is 0 Å². The van der Waals surface area contributed by atoms with Crippen molar-refractivity contribution in [3.05, 3.63) is 29.3 Å². The fraction of sp³-hybridized carbons (Fsp3) is 0.600. The van der Waals surface area contributed by atoms with Crippen LogP contribution in [0.25, 0.3) is 0 Å². The lowest BCUT2D eigenvalue weighted by Gasteiger charge is -2.34. The molecule has 20 heavy (non-hydrogen) atoms. The van der Waals surface area contributed by atoms with Crippen LogP contribution in [0.2, 0.25) is 0 Å². The zero-order chi connectivity index (χ0) is 14.9. The van der Waals surface area contributed by atoms with Crippen LogP contribution < -0.4 is 0 Å². The molecule has 0 aromatic heterocycles. The minimum absolute atomic E-state index is 0.311. The lowest BCUT2D eigenvalue weighted by molar-refractivity contribution is 0.0638. The molecule has 0 radical (unpaired) electrons. The Morgan fingerprint density at radius 2 is 1.85 bits per heavy atom. The van der Waals surface area contributed by atoms with Crippen molar-refractivity contribution < 1.29 is 13.5 Å². The van der Waals surface area contributed by atoms with Gasteiger partial charge in [-0.2, -0.15) is 4.31 Å². The van der Waals surface area contributed by atoms with Crippen LogP contribution in [-0.4, -0.2) is 37.0 Å². The van der Waals surface area contributed by atoms with Crippen LogP contribution in [0, 0.1) is 13.8 Å². The summed E-state index contributed by atoms with van der Waals surface area (Å²) in [5, 5.41) is 10.1. The SMILES string of the molecule is Cc1ccc(C)c(S(=O)(=O)N(C)[C@@H]2CCCC[C@H]2O)c1. The van der Waals surface area contributed by atoms with Gasteiger partial charge >= 0.3 is 0 Å². The van der Waals surface area contributed by atoms with Crippen molar-refractivity contribution in [1.29, 1.82) is 0 Å². The van der Waals surface area contributed by atoms with Gasteiger partial charge in [-0.05, 0) is 43.9 Å². The lowest BCUT2D eigenvalue weighted by atomic mass is 9.93. The fourth-order valence-corrected chi connectivity index (χ4v) is 4.56.